The van der Waals surface area contributed by atoms with Gasteiger partial charge < -0.3 is 10.5 Å². The molecule has 2 N–H and O–H groups in total. The van der Waals surface area contributed by atoms with Gasteiger partial charge >= 0.3 is 0 Å². The van der Waals surface area contributed by atoms with Gasteiger partial charge in [-0.3, -0.25) is 0 Å². The summed E-state index contributed by atoms with van der Waals surface area (Å²) in [6, 6.07) is 11.1. The number of hydrogen-bond donors (Lipinski definition) is 1. The lowest BCUT2D eigenvalue weighted by atomic mass is 10.1. The molecular formula is C16H14ClFN2O. The standard InChI is InChI=1S/C16H14ClFN2O/c1-10(20)14-7-13(17)3-5-16(14)21-9-11-2-4-15(18)12(6-11)8-19/h2-7,10H,9,20H2,1H3/t10-/m1/s1. The zero-order valence-corrected chi connectivity index (χ0v) is 12.2. The van der Waals surface area contributed by atoms with E-state index in [1.807, 2.05) is 6.92 Å². The van der Waals surface area contributed by atoms with E-state index in [-0.39, 0.29) is 18.2 Å². The highest BCUT2D eigenvalue weighted by Crippen LogP contribution is 2.28. The highest BCUT2D eigenvalue weighted by molar-refractivity contribution is 6.30. The Morgan fingerprint density at radius 3 is 2.76 bits per heavy atom. The van der Waals surface area contributed by atoms with E-state index in [4.69, 9.17) is 27.3 Å². The lowest BCUT2D eigenvalue weighted by Gasteiger charge is -2.14. The second-order valence-electron chi connectivity index (χ2n) is 4.69. The van der Waals surface area contributed by atoms with Crippen LogP contribution in [0.3, 0.4) is 0 Å². The quantitative estimate of drug-likeness (QED) is 0.930. The molecule has 21 heavy (non-hydrogen) atoms. The molecule has 0 saturated heterocycles. The van der Waals surface area contributed by atoms with Crippen molar-refractivity contribution in [2.24, 2.45) is 5.73 Å². The number of ether oxygens (including phenoxy) is 1. The summed E-state index contributed by atoms with van der Waals surface area (Å²) in [6.07, 6.45) is 0. The minimum absolute atomic E-state index is 0.000350. The SMILES string of the molecule is C[C@@H](N)c1cc(Cl)ccc1OCc1ccc(F)c(C#N)c1. The molecule has 0 bridgehead atoms. The van der Waals surface area contributed by atoms with E-state index in [0.29, 0.717) is 16.3 Å². The molecule has 0 aliphatic heterocycles. The Bertz CT molecular complexity index is 695. The molecule has 0 aliphatic rings. The van der Waals surface area contributed by atoms with E-state index in [9.17, 15) is 4.39 Å². The normalized spacial score (nSPS) is 11.8. The average Bonchev–Trinajstić information content (AvgIpc) is 2.47. The molecule has 0 radical (unpaired) electrons. The predicted octanol–water partition coefficient (Wildman–Crippen LogP) is 3.95. The highest BCUT2D eigenvalue weighted by atomic mass is 35.5. The van der Waals surface area contributed by atoms with Crippen molar-refractivity contribution in [3.8, 4) is 11.8 Å². The van der Waals surface area contributed by atoms with Crippen LogP contribution in [-0.2, 0) is 6.61 Å². The molecule has 0 spiro atoms. The molecule has 108 valence electrons. The third-order valence-electron chi connectivity index (χ3n) is 3.01. The Hall–Kier alpha value is -2.09. The Labute approximate surface area is 127 Å². The summed E-state index contributed by atoms with van der Waals surface area (Å²) in [4.78, 5) is 0. The zero-order valence-electron chi connectivity index (χ0n) is 11.4. The number of rotatable bonds is 4. The Morgan fingerprint density at radius 1 is 1.33 bits per heavy atom. The number of halogens is 2. The number of benzene rings is 2. The third-order valence-corrected chi connectivity index (χ3v) is 3.24. The molecule has 3 nitrogen and oxygen atoms in total. The van der Waals surface area contributed by atoms with Gasteiger partial charge in [0.25, 0.3) is 0 Å². The van der Waals surface area contributed by atoms with Crippen molar-refractivity contribution in [2.45, 2.75) is 19.6 Å². The van der Waals surface area contributed by atoms with Crippen LogP contribution in [0.4, 0.5) is 4.39 Å². The van der Waals surface area contributed by atoms with Crippen LogP contribution in [0.15, 0.2) is 36.4 Å². The molecule has 0 amide bonds. The summed E-state index contributed by atoms with van der Waals surface area (Å²) in [5, 5.41) is 9.40. The predicted molar refractivity (Wildman–Crippen MR) is 79.5 cm³/mol. The number of nitrogens with zero attached hydrogens (tertiary/aromatic N) is 1. The van der Waals surface area contributed by atoms with Crippen LogP contribution in [0.1, 0.15) is 29.7 Å². The number of nitrogens with two attached hydrogens (primary N) is 1. The first-order chi connectivity index (χ1) is 10.0. The first kappa shape index (κ1) is 15.3. The zero-order chi connectivity index (χ0) is 15.4. The maximum Gasteiger partial charge on any atom is 0.140 e. The van der Waals surface area contributed by atoms with Crippen molar-refractivity contribution in [2.75, 3.05) is 0 Å². The third kappa shape index (κ3) is 3.72. The fourth-order valence-corrected chi connectivity index (χ4v) is 2.10. The minimum atomic E-state index is -0.538. The first-order valence-electron chi connectivity index (χ1n) is 6.37. The lowest BCUT2D eigenvalue weighted by Crippen LogP contribution is -2.08. The summed E-state index contributed by atoms with van der Waals surface area (Å²) >= 11 is 5.95. The van der Waals surface area contributed by atoms with Gasteiger partial charge in [0.1, 0.15) is 24.2 Å². The van der Waals surface area contributed by atoms with E-state index in [1.54, 1.807) is 30.3 Å². The molecular weight excluding hydrogens is 291 g/mol. The van der Waals surface area contributed by atoms with Gasteiger partial charge in [0.2, 0.25) is 0 Å². The van der Waals surface area contributed by atoms with Gasteiger partial charge in [0, 0.05) is 16.6 Å². The second-order valence-corrected chi connectivity index (χ2v) is 5.12. The van der Waals surface area contributed by atoms with Crippen LogP contribution in [0, 0.1) is 17.1 Å². The largest absolute Gasteiger partial charge is 0.489 e. The smallest absolute Gasteiger partial charge is 0.140 e. The highest BCUT2D eigenvalue weighted by Gasteiger charge is 2.10. The molecule has 0 aromatic heterocycles. The molecule has 2 rings (SSSR count). The lowest BCUT2D eigenvalue weighted by molar-refractivity contribution is 0.301. The molecule has 5 heteroatoms. The molecule has 0 unspecified atom stereocenters. The molecule has 0 heterocycles. The number of hydrogen-bond acceptors (Lipinski definition) is 3. The summed E-state index contributed by atoms with van der Waals surface area (Å²) in [5.41, 5.74) is 7.39. The fraction of sp³-hybridized carbons (Fsp3) is 0.188. The molecule has 0 fully saturated rings. The fourth-order valence-electron chi connectivity index (χ4n) is 1.92. The molecule has 1 atom stereocenters. The van der Waals surface area contributed by atoms with Gasteiger partial charge in [-0.1, -0.05) is 17.7 Å². The van der Waals surface area contributed by atoms with E-state index in [0.717, 1.165) is 5.56 Å². The van der Waals surface area contributed by atoms with Crippen LogP contribution < -0.4 is 10.5 Å². The van der Waals surface area contributed by atoms with Crippen molar-refractivity contribution in [1.29, 1.82) is 5.26 Å². The van der Waals surface area contributed by atoms with Crippen molar-refractivity contribution in [3.05, 3.63) is 63.9 Å². The van der Waals surface area contributed by atoms with Crippen molar-refractivity contribution >= 4 is 11.6 Å². The van der Waals surface area contributed by atoms with E-state index in [1.165, 1.54) is 12.1 Å². The minimum Gasteiger partial charge on any atom is -0.489 e. The molecule has 0 aliphatic carbocycles. The van der Waals surface area contributed by atoms with Gasteiger partial charge in [0.05, 0.1) is 5.56 Å². The van der Waals surface area contributed by atoms with Gasteiger partial charge in [-0.05, 0) is 42.8 Å². The summed E-state index contributed by atoms with van der Waals surface area (Å²) in [6.45, 7) is 2.06. The molecule has 2 aromatic carbocycles. The number of nitriles is 1. The summed E-state index contributed by atoms with van der Waals surface area (Å²) in [5.74, 6) is 0.0845. The van der Waals surface area contributed by atoms with Crippen molar-refractivity contribution in [1.82, 2.24) is 0 Å². The summed E-state index contributed by atoms with van der Waals surface area (Å²) < 4.78 is 19.0. The van der Waals surface area contributed by atoms with Gasteiger partial charge in [-0.2, -0.15) is 5.26 Å². The monoisotopic (exact) mass is 304 g/mol. The van der Waals surface area contributed by atoms with E-state index >= 15 is 0 Å². The van der Waals surface area contributed by atoms with Gasteiger partial charge in [-0.25, -0.2) is 4.39 Å². The molecule has 2 aromatic rings. The average molecular weight is 305 g/mol. The van der Waals surface area contributed by atoms with Crippen LogP contribution in [0.2, 0.25) is 5.02 Å². The van der Waals surface area contributed by atoms with Crippen LogP contribution in [0.25, 0.3) is 0 Å². The Morgan fingerprint density at radius 2 is 2.10 bits per heavy atom. The first-order valence-corrected chi connectivity index (χ1v) is 6.75. The van der Waals surface area contributed by atoms with Gasteiger partial charge in [-0.15, -0.1) is 0 Å². The summed E-state index contributed by atoms with van der Waals surface area (Å²) in [7, 11) is 0. The molecule has 0 saturated carbocycles. The van der Waals surface area contributed by atoms with Crippen LogP contribution >= 0.6 is 11.6 Å². The topological polar surface area (TPSA) is 59.0 Å². The maximum atomic E-state index is 13.3. The van der Waals surface area contributed by atoms with Crippen molar-refractivity contribution < 1.29 is 9.13 Å². The Balaban J connectivity index is 2.19. The van der Waals surface area contributed by atoms with E-state index < -0.39 is 5.82 Å². The second kappa shape index (κ2) is 6.57. The van der Waals surface area contributed by atoms with Crippen molar-refractivity contribution in [3.63, 3.8) is 0 Å². The van der Waals surface area contributed by atoms with Crippen LogP contribution in [-0.4, -0.2) is 0 Å². The van der Waals surface area contributed by atoms with Gasteiger partial charge in [0.15, 0.2) is 0 Å². The maximum absolute atomic E-state index is 13.3. The van der Waals surface area contributed by atoms with E-state index in [2.05, 4.69) is 0 Å². The van der Waals surface area contributed by atoms with Crippen LogP contribution in [0.5, 0.6) is 5.75 Å². The Kier molecular flexibility index (Phi) is 4.79.